The second-order valence-electron chi connectivity index (χ2n) is 5.83. The standard InChI is InChI=1S/C19H20O3/c1-13(20)19(11-14-6-4-5-7-15(14)12-19)16-8-9-17(21-2)18(10-16)22-3/h4-10H,11-12H2,1-3H3. The fraction of sp³-hybridized carbons (Fsp3) is 0.316. The van der Waals surface area contributed by atoms with Gasteiger partial charge in [0.1, 0.15) is 5.78 Å². The van der Waals surface area contributed by atoms with Crippen molar-refractivity contribution < 1.29 is 14.3 Å². The molecule has 0 radical (unpaired) electrons. The summed E-state index contributed by atoms with van der Waals surface area (Å²) in [6, 6.07) is 14.1. The smallest absolute Gasteiger partial charge is 0.161 e. The SMILES string of the molecule is COc1ccc(C2(C(C)=O)Cc3ccccc3C2)cc1OC. The van der Waals surface area contributed by atoms with E-state index in [1.54, 1.807) is 21.1 Å². The normalized spacial score (nSPS) is 15.2. The third-order valence-corrected chi connectivity index (χ3v) is 4.71. The average Bonchev–Trinajstić information content (AvgIpc) is 2.95. The highest BCUT2D eigenvalue weighted by molar-refractivity contribution is 5.90. The predicted octanol–water partition coefficient (Wildman–Crippen LogP) is 3.33. The topological polar surface area (TPSA) is 35.5 Å². The maximum Gasteiger partial charge on any atom is 0.161 e. The van der Waals surface area contributed by atoms with Gasteiger partial charge in [0.15, 0.2) is 11.5 Å². The van der Waals surface area contributed by atoms with Crippen LogP contribution in [0.4, 0.5) is 0 Å². The van der Waals surface area contributed by atoms with Gasteiger partial charge in [0.2, 0.25) is 0 Å². The van der Waals surface area contributed by atoms with E-state index in [0.717, 1.165) is 18.4 Å². The molecule has 1 aliphatic carbocycles. The molecule has 2 aromatic carbocycles. The number of ketones is 1. The molecule has 0 aliphatic heterocycles. The Morgan fingerprint density at radius 2 is 1.55 bits per heavy atom. The molecule has 0 aromatic heterocycles. The molecule has 0 amide bonds. The Bertz CT molecular complexity index is 693. The van der Waals surface area contributed by atoms with Crippen molar-refractivity contribution in [3.8, 4) is 11.5 Å². The van der Waals surface area contributed by atoms with E-state index < -0.39 is 5.41 Å². The number of ether oxygens (including phenoxy) is 2. The largest absolute Gasteiger partial charge is 0.493 e. The van der Waals surface area contributed by atoms with Crippen LogP contribution in [0, 0.1) is 0 Å². The number of carbonyl (C=O) groups excluding carboxylic acids is 1. The van der Waals surface area contributed by atoms with Crippen molar-refractivity contribution in [1.29, 1.82) is 0 Å². The molecule has 0 saturated carbocycles. The first-order chi connectivity index (χ1) is 10.6. The quantitative estimate of drug-likeness (QED) is 0.868. The summed E-state index contributed by atoms with van der Waals surface area (Å²) < 4.78 is 10.7. The molecule has 1 aliphatic rings. The summed E-state index contributed by atoms with van der Waals surface area (Å²) >= 11 is 0. The molecule has 0 saturated heterocycles. The highest BCUT2D eigenvalue weighted by Crippen LogP contribution is 2.43. The van der Waals surface area contributed by atoms with Gasteiger partial charge in [-0.1, -0.05) is 30.3 Å². The summed E-state index contributed by atoms with van der Waals surface area (Å²) in [5, 5.41) is 0. The maximum absolute atomic E-state index is 12.5. The Hall–Kier alpha value is -2.29. The minimum atomic E-state index is -0.497. The van der Waals surface area contributed by atoms with Gasteiger partial charge in [0.05, 0.1) is 19.6 Å². The average molecular weight is 296 g/mol. The van der Waals surface area contributed by atoms with Crippen molar-refractivity contribution in [2.75, 3.05) is 14.2 Å². The molecule has 3 heteroatoms. The maximum atomic E-state index is 12.5. The zero-order chi connectivity index (χ0) is 15.7. The summed E-state index contributed by atoms with van der Waals surface area (Å²) in [5.74, 6) is 1.54. The molecular formula is C19H20O3. The second-order valence-corrected chi connectivity index (χ2v) is 5.83. The molecule has 0 N–H and O–H groups in total. The molecule has 0 unspecified atom stereocenters. The van der Waals surface area contributed by atoms with Gasteiger partial charge in [-0.2, -0.15) is 0 Å². The van der Waals surface area contributed by atoms with Crippen molar-refractivity contribution in [3.05, 3.63) is 59.2 Å². The third-order valence-electron chi connectivity index (χ3n) is 4.71. The lowest BCUT2D eigenvalue weighted by Gasteiger charge is -2.27. The lowest BCUT2D eigenvalue weighted by atomic mass is 9.74. The number of fused-ring (bicyclic) bond motifs is 1. The molecule has 2 aromatic rings. The molecule has 0 bridgehead atoms. The van der Waals surface area contributed by atoms with E-state index in [0.29, 0.717) is 11.5 Å². The fourth-order valence-electron chi connectivity index (χ4n) is 3.41. The highest BCUT2D eigenvalue weighted by Gasteiger charge is 2.43. The lowest BCUT2D eigenvalue weighted by Crippen LogP contribution is -2.35. The molecule has 0 heterocycles. The number of methoxy groups -OCH3 is 2. The van der Waals surface area contributed by atoms with Crippen LogP contribution >= 0.6 is 0 Å². The monoisotopic (exact) mass is 296 g/mol. The molecule has 22 heavy (non-hydrogen) atoms. The predicted molar refractivity (Wildman–Crippen MR) is 85.8 cm³/mol. The van der Waals surface area contributed by atoms with Gasteiger partial charge in [-0.25, -0.2) is 0 Å². The van der Waals surface area contributed by atoms with E-state index in [2.05, 4.69) is 12.1 Å². The van der Waals surface area contributed by atoms with Gasteiger partial charge in [0, 0.05) is 0 Å². The third kappa shape index (κ3) is 2.17. The van der Waals surface area contributed by atoms with Crippen molar-refractivity contribution >= 4 is 5.78 Å². The van der Waals surface area contributed by atoms with Crippen molar-refractivity contribution in [2.45, 2.75) is 25.2 Å². The van der Waals surface area contributed by atoms with E-state index in [9.17, 15) is 4.79 Å². The number of hydrogen-bond acceptors (Lipinski definition) is 3. The summed E-state index contributed by atoms with van der Waals surface area (Å²) in [5.41, 5.74) is 3.01. The van der Waals surface area contributed by atoms with Crippen LogP contribution in [-0.2, 0) is 23.1 Å². The molecule has 0 atom stereocenters. The van der Waals surface area contributed by atoms with Gasteiger partial charge in [-0.3, -0.25) is 4.79 Å². The van der Waals surface area contributed by atoms with Gasteiger partial charge < -0.3 is 9.47 Å². The van der Waals surface area contributed by atoms with Crippen LogP contribution in [0.2, 0.25) is 0 Å². The number of hydrogen-bond donors (Lipinski definition) is 0. The molecule has 3 nitrogen and oxygen atoms in total. The Balaban J connectivity index is 2.09. The van der Waals surface area contributed by atoms with E-state index in [1.165, 1.54) is 11.1 Å². The number of benzene rings is 2. The Morgan fingerprint density at radius 1 is 0.955 bits per heavy atom. The van der Waals surface area contributed by atoms with Gasteiger partial charge in [-0.15, -0.1) is 0 Å². The van der Waals surface area contributed by atoms with Crippen molar-refractivity contribution in [2.24, 2.45) is 0 Å². The molecule has 0 spiro atoms. The van der Waals surface area contributed by atoms with Crippen LogP contribution in [0.15, 0.2) is 42.5 Å². The first kappa shape index (κ1) is 14.6. The van der Waals surface area contributed by atoms with Crippen LogP contribution in [0.3, 0.4) is 0 Å². The molecule has 0 fully saturated rings. The van der Waals surface area contributed by atoms with Crippen LogP contribution in [0.1, 0.15) is 23.6 Å². The first-order valence-corrected chi connectivity index (χ1v) is 7.41. The zero-order valence-corrected chi connectivity index (χ0v) is 13.2. The number of rotatable bonds is 4. The highest BCUT2D eigenvalue weighted by atomic mass is 16.5. The summed E-state index contributed by atoms with van der Waals surface area (Å²) in [6.07, 6.45) is 1.49. The second kappa shape index (κ2) is 5.48. The van der Waals surface area contributed by atoms with E-state index in [4.69, 9.17) is 9.47 Å². The minimum Gasteiger partial charge on any atom is -0.493 e. The van der Waals surface area contributed by atoms with Crippen LogP contribution in [-0.4, -0.2) is 20.0 Å². The van der Waals surface area contributed by atoms with E-state index >= 15 is 0 Å². The van der Waals surface area contributed by atoms with Crippen LogP contribution < -0.4 is 9.47 Å². The summed E-state index contributed by atoms with van der Waals surface area (Å²) in [7, 11) is 3.23. The van der Waals surface area contributed by atoms with Crippen LogP contribution in [0.5, 0.6) is 11.5 Å². The Labute approximate surface area is 130 Å². The molecule has 3 rings (SSSR count). The van der Waals surface area contributed by atoms with Crippen LogP contribution in [0.25, 0.3) is 0 Å². The van der Waals surface area contributed by atoms with Gasteiger partial charge >= 0.3 is 0 Å². The number of Topliss-reactive ketones (excluding diaryl/α,β-unsaturated/α-hetero) is 1. The fourth-order valence-corrected chi connectivity index (χ4v) is 3.41. The Kier molecular flexibility index (Phi) is 3.65. The number of carbonyl (C=O) groups is 1. The van der Waals surface area contributed by atoms with Crippen molar-refractivity contribution in [3.63, 3.8) is 0 Å². The van der Waals surface area contributed by atoms with E-state index in [1.807, 2.05) is 30.3 Å². The van der Waals surface area contributed by atoms with Gasteiger partial charge in [0.25, 0.3) is 0 Å². The first-order valence-electron chi connectivity index (χ1n) is 7.41. The molecule has 114 valence electrons. The van der Waals surface area contributed by atoms with E-state index in [-0.39, 0.29) is 5.78 Å². The summed E-state index contributed by atoms with van der Waals surface area (Å²) in [6.45, 7) is 1.68. The summed E-state index contributed by atoms with van der Waals surface area (Å²) in [4.78, 5) is 12.5. The van der Waals surface area contributed by atoms with Gasteiger partial charge in [-0.05, 0) is 48.6 Å². The lowest BCUT2D eigenvalue weighted by molar-refractivity contribution is -0.122. The Morgan fingerprint density at radius 3 is 2.05 bits per heavy atom. The zero-order valence-electron chi connectivity index (χ0n) is 13.2. The minimum absolute atomic E-state index is 0.191. The molecular weight excluding hydrogens is 276 g/mol. The van der Waals surface area contributed by atoms with Crippen molar-refractivity contribution in [1.82, 2.24) is 0 Å².